The van der Waals surface area contributed by atoms with Crippen LogP contribution in [0.15, 0.2) is 24.3 Å². The summed E-state index contributed by atoms with van der Waals surface area (Å²) >= 11 is 1.63. The van der Waals surface area contributed by atoms with Crippen molar-refractivity contribution < 1.29 is 9.90 Å². The molecule has 3 nitrogen and oxygen atoms in total. The molecule has 1 aromatic rings. The molecular formula is C12H15NO2S. The van der Waals surface area contributed by atoms with E-state index >= 15 is 0 Å². The zero-order valence-corrected chi connectivity index (χ0v) is 9.74. The third kappa shape index (κ3) is 2.39. The van der Waals surface area contributed by atoms with E-state index in [0.29, 0.717) is 11.7 Å². The summed E-state index contributed by atoms with van der Waals surface area (Å²) in [5, 5.41) is 8.64. The van der Waals surface area contributed by atoms with E-state index < -0.39 is 12.0 Å². The molecule has 1 aliphatic rings. The van der Waals surface area contributed by atoms with Crippen molar-refractivity contribution in [3.8, 4) is 0 Å². The summed E-state index contributed by atoms with van der Waals surface area (Å²) in [6.07, 6.45) is 1.12. The molecule has 2 atom stereocenters. The van der Waals surface area contributed by atoms with Crippen LogP contribution in [0.2, 0.25) is 0 Å². The third-order valence-corrected chi connectivity index (χ3v) is 4.13. The van der Waals surface area contributed by atoms with Crippen LogP contribution in [0, 0.1) is 0 Å². The fourth-order valence-electron chi connectivity index (χ4n) is 1.92. The summed E-state index contributed by atoms with van der Waals surface area (Å²) in [6.45, 7) is 0. The van der Waals surface area contributed by atoms with Gasteiger partial charge < -0.3 is 10.8 Å². The van der Waals surface area contributed by atoms with E-state index in [0.717, 1.165) is 12.2 Å². The number of benzene rings is 1. The van der Waals surface area contributed by atoms with E-state index in [4.69, 9.17) is 10.8 Å². The monoisotopic (exact) mass is 237 g/mol. The molecule has 0 spiro atoms. The van der Waals surface area contributed by atoms with Gasteiger partial charge in [-0.1, -0.05) is 24.3 Å². The second kappa shape index (κ2) is 4.89. The minimum absolute atomic E-state index is 0.494. The molecule has 0 amide bonds. The van der Waals surface area contributed by atoms with E-state index in [-0.39, 0.29) is 0 Å². The lowest BCUT2D eigenvalue weighted by molar-refractivity contribution is -0.137. The number of fused-ring (bicyclic) bond motifs is 1. The molecule has 1 aromatic carbocycles. The summed E-state index contributed by atoms with van der Waals surface area (Å²) in [7, 11) is 0. The maximum Gasteiger partial charge on any atom is 0.321 e. The molecule has 86 valence electrons. The minimum Gasteiger partial charge on any atom is -0.480 e. The van der Waals surface area contributed by atoms with Gasteiger partial charge in [0.2, 0.25) is 0 Å². The number of aliphatic carboxylic acids is 1. The smallest absolute Gasteiger partial charge is 0.321 e. The van der Waals surface area contributed by atoms with Gasteiger partial charge in [-0.25, -0.2) is 0 Å². The predicted molar refractivity (Wildman–Crippen MR) is 65.8 cm³/mol. The Bertz CT molecular complexity index is 394. The Morgan fingerprint density at radius 1 is 1.56 bits per heavy atom. The Morgan fingerprint density at radius 2 is 2.31 bits per heavy atom. The number of hydrogen-bond donors (Lipinski definition) is 2. The second-order valence-corrected chi connectivity index (χ2v) is 5.16. The third-order valence-electron chi connectivity index (χ3n) is 2.89. The number of carboxylic acids is 1. The van der Waals surface area contributed by atoms with Crippen LogP contribution in [0.4, 0.5) is 0 Å². The first-order valence-electron chi connectivity index (χ1n) is 5.32. The van der Waals surface area contributed by atoms with Crippen LogP contribution >= 0.6 is 11.8 Å². The van der Waals surface area contributed by atoms with Crippen molar-refractivity contribution in [2.24, 2.45) is 5.73 Å². The molecule has 3 N–H and O–H groups in total. The second-order valence-electron chi connectivity index (χ2n) is 4.08. The highest BCUT2D eigenvalue weighted by molar-refractivity contribution is 7.99. The van der Waals surface area contributed by atoms with Gasteiger partial charge in [0, 0.05) is 11.5 Å². The number of hydrogen-bond acceptors (Lipinski definition) is 3. The van der Waals surface area contributed by atoms with Gasteiger partial charge in [0.1, 0.15) is 6.04 Å². The Labute approximate surface area is 99.0 Å². The summed E-state index contributed by atoms with van der Waals surface area (Å²) in [4.78, 5) is 10.5. The topological polar surface area (TPSA) is 63.3 Å². The van der Waals surface area contributed by atoms with Crippen LogP contribution in [0.25, 0.3) is 0 Å². The van der Waals surface area contributed by atoms with Gasteiger partial charge in [0.15, 0.2) is 0 Å². The van der Waals surface area contributed by atoms with Crippen LogP contribution in [0.5, 0.6) is 0 Å². The largest absolute Gasteiger partial charge is 0.480 e. The first-order chi connectivity index (χ1) is 7.68. The van der Waals surface area contributed by atoms with Crippen molar-refractivity contribution in [1.29, 1.82) is 0 Å². The summed E-state index contributed by atoms with van der Waals surface area (Å²) < 4.78 is 0. The molecule has 0 bridgehead atoms. The summed E-state index contributed by atoms with van der Waals surface area (Å²) in [6, 6.07) is 7.68. The first kappa shape index (κ1) is 11.5. The van der Waals surface area contributed by atoms with E-state index in [1.807, 2.05) is 0 Å². The molecule has 4 heteroatoms. The molecule has 0 aromatic heterocycles. The Morgan fingerprint density at radius 3 is 3.00 bits per heavy atom. The fraction of sp³-hybridized carbons (Fsp3) is 0.417. The maximum atomic E-state index is 10.5. The van der Waals surface area contributed by atoms with Gasteiger partial charge in [-0.3, -0.25) is 4.79 Å². The van der Waals surface area contributed by atoms with Gasteiger partial charge in [0.05, 0.1) is 0 Å². The van der Waals surface area contributed by atoms with E-state index in [9.17, 15) is 4.79 Å². The Kier molecular flexibility index (Phi) is 3.51. The van der Waals surface area contributed by atoms with Crippen molar-refractivity contribution in [3.05, 3.63) is 35.4 Å². The molecule has 0 aliphatic heterocycles. The van der Waals surface area contributed by atoms with Crippen molar-refractivity contribution >= 4 is 17.7 Å². The quantitative estimate of drug-likeness (QED) is 0.814. The SMILES string of the molecule is N[C@@H](CSCC1Cc2ccccc21)C(=O)O. The van der Waals surface area contributed by atoms with Crippen LogP contribution in [-0.2, 0) is 11.2 Å². The van der Waals surface area contributed by atoms with Crippen molar-refractivity contribution in [2.45, 2.75) is 18.4 Å². The lowest BCUT2D eigenvalue weighted by atomic mass is 9.79. The number of thioether (sulfide) groups is 1. The number of carboxylic acid groups (broad SMARTS) is 1. The molecule has 2 rings (SSSR count). The van der Waals surface area contributed by atoms with Crippen LogP contribution < -0.4 is 5.73 Å². The fourth-order valence-corrected chi connectivity index (χ4v) is 3.03. The summed E-state index contributed by atoms with van der Waals surface area (Å²) in [5.74, 6) is 1.13. The molecule has 0 saturated carbocycles. The van der Waals surface area contributed by atoms with Crippen LogP contribution in [-0.4, -0.2) is 28.6 Å². The normalized spacial score (nSPS) is 19.7. The molecule has 0 radical (unpaired) electrons. The average molecular weight is 237 g/mol. The number of carbonyl (C=O) groups is 1. The lowest BCUT2D eigenvalue weighted by Crippen LogP contribution is -2.33. The summed E-state index contributed by atoms with van der Waals surface area (Å²) in [5.41, 5.74) is 8.28. The molecule has 0 heterocycles. The lowest BCUT2D eigenvalue weighted by Gasteiger charge is -2.29. The molecule has 1 aliphatic carbocycles. The van der Waals surface area contributed by atoms with Crippen molar-refractivity contribution in [2.75, 3.05) is 11.5 Å². The standard InChI is InChI=1S/C12H15NO2S/c13-11(12(14)15)7-16-6-9-5-8-3-1-2-4-10(8)9/h1-4,9,11H,5-7,13H2,(H,14,15)/t9?,11-/m0/s1. The van der Waals surface area contributed by atoms with Crippen molar-refractivity contribution in [3.63, 3.8) is 0 Å². The molecular weight excluding hydrogens is 222 g/mol. The van der Waals surface area contributed by atoms with Gasteiger partial charge >= 0.3 is 5.97 Å². The van der Waals surface area contributed by atoms with Crippen molar-refractivity contribution in [1.82, 2.24) is 0 Å². The van der Waals surface area contributed by atoms with E-state index in [1.54, 1.807) is 11.8 Å². The van der Waals surface area contributed by atoms with Crippen LogP contribution in [0.1, 0.15) is 17.0 Å². The zero-order chi connectivity index (χ0) is 11.5. The first-order valence-corrected chi connectivity index (χ1v) is 6.48. The zero-order valence-electron chi connectivity index (χ0n) is 8.93. The Balaban J connectivity index is 1.76. The molecule has 1 unspecified atom stereocenters. The molecule has 16 heavy (non-hydrogen) atoms. The van der Waals surface area contributed by atoms with E-state index in [1.165, 1.54) is 11.1 Å². The van der Waals surface area contributed by atoms with Gasteiger partial charge in [-0.05, 0) is 23.5 Å². The van der Waals surface area contributed by atoms with Gasteiger partial charge in [-0.15, -0.1) is 0 Å². The van der Waals surface area contributed by atoms with E-state index in [2.05, 4.69) is 24.3 Å². The van der Waals surface area contributed by atoms with Crippen LogP contribution in [0.3, 0.4) is 0 Å². The molecule has 0 fully saturated rings. The van der Waals surface area contributed by atoms with Gasteiger partial charge in [-0.2, -0.15) is 11.8 Å². The molecule has 0 saturated heterocycles. The minimum atomic E-state index is -0.915. The number of rotatable bonds is 5. The van der Waals surface area contributed by atoms with Gasteiger partial charge in [0.25, 0.3) is 0 Å². The highest BCUT2D eigenvalue weighted by atomic mass is 32.2. The highest BCUT2D eigenvalue weighted by Crippen LogP contribution is 2.36. The maximum absolute atomic E-state index is 10.5. The predicted octanol–water partition coefficient (Wildman–Crippen LogP) is 1.47. The highest BCUT2D eigenvalue weighted by Gasteiger charge is 2.25. The average Bonchev–Trinajstić information content (AvgIpc) is 2.24. The Hall–Kier alpha value is -1.00. The number of nitrogens with two attached hydrogens (primary N) is 1.